The van der Waals surface area contributed by atoms with Gasteiger partial charge in [0, 0.05) is 22.1 Å². The van der Waals surface area contributed by atoms with Crippen molar-refractivity contribution in [1.29, 1.82) is 0 Å². The lowest BCUT2D eigenvalue weighted by Gasteiger charge is -2.09. The quantitative estimate of drug-likeness (QED) is 0.544. The zero-order chi connectivity index (χ0) is 11.3. The number of aromatic nitrogens is 1. The Hall–Kier alpha value is -1.18. The molecule has 3 heteroatoms. The van der Waals surface area contributed by atoms with Gasteiger partial charge in [0.05, 0.1) is 10.5 Å². The Morgan fingerprint density at radius 2 is 1.94 bits per heavy atom. The van der Waals surface area contributed by atoms with E-state index >= 15 is 0 Å². The Bertz CT molecular complexity index is 698. The van der Waals surface area contributed by atoms with Crippen molar-refractivity contribution in [3.8, 4) is 0 Å². The third kappa shape index (κ3) is 1.32. The molecule has 80 valence electrons. The molecule has 0 aliphatic heterocycles. The molecule has 0 saturated carbocycles. The second kappa shape index (κ2) is 3.41. The lowest BCUT2D eigenvalue weighted by atomic mass is 10.1. The molecule has 0 radical (unpaired) electrons. The van der Waals surface area contributed by atoms with E-state index in [-0.39, 0.29) is 0 Å². The monoisotopic (exact) mass is 249 g/mol. The topological polar surface area (TPSA) is 4.41 Å². The van der Waals surface area contributed by atoms with Crippen LogP contribution in [-0.2, 0) is 0 Å². The molecule has 3 rings (SSSR count). The average Bonchev–Trinajstić information content (AvgIpc) is 2.65. The smallest absolute Gasteiger partial charge is 0.0718 e. The SMILES string of the molecule is Cc1cc2cccn2c2c(Cl)cc(Cl)cc12. The molecule has 0 amide bonds. The van der Waals surface area contributed by atoms with Gasteiger partial charge < -0.3 is 4.40 Å². The Kier molecular flexibility index (Phi) is 2.13. The van der Waals surface area contributed by atoms with Crippen molar-refractivity contribution in [1.82, 2.24) is 4.40 Å². The number of fused-ring (bicyclic) bond motifs is 3. The highest BCUT2D eigenvalue weighted by Crippen LogP contribution is 2.31. The van der Waals surface area contributed by atoms with Crippen LogP contribution in [-0.4, -0.2) is 4.40 Å². The fraction of sp³-hybridized carbons (Fsp3) is 0.0769. The lowest BCUT2D eigenvalue weighted by molar-refractivity contribution is 1.26. The molecule has 0 spiro atoms. The van der Waals surface area contributed by atoms with Crippen molar-refractivity contribution in [3.05, 3.63) is 52.1 Å². The highest BCUT2D eigenvalue weighted by atomic mass is 35.5. The Morgan fingerprint density at radius 3 is 2.75 bits per heavy atom. The molecule has 0 atom stereocenters. The first-order valence-electron chi connectivity index (χ1n) is 5.02. The predicted octanol–water partition coefficient (Wildman–Crippen LogP) is 4.71. The predicted molar refractivity (Wildman–Crippen MR) is 69.7 cm³/mol. The van der Waals surface area contributed by atoms with Gasteiger partial charge in [0.2, 0.25) is 0 Å². The molecule has 2 heterocycles. The van der Waals surface area contributed by atoms with E-state index in [0.29, 0.717) is 10.0 Å². The minimum absolute atomic E-state index is 0.673. The normalized spacial score (nSPS) is 11.4. The van der Waals surface area contributed by atoms with Gasteiger partial charge in [0.15, 0.2) is 0 Å². The number of nitrogens with zero attached hydrogens (tertiary/aromatic N) is 1. The number of benzene rings is 1. The molecule has 2 aromatic heterocycles. The summed E-state index contributed by atoms with van der Waals surface area (Å²) < 4.78 is 2.08. The number of aryl methyl sites for hydroxylation is 1. The van der Waals surface area contributed by atoms with E-state index in [9.17, 15) is 0 Å². The first-order chi connectivity index (χ1) is 7.66. The third-order valence-corrected chi connectivity index (χ3v) is 3.34. The third-order valence-electron chi connectivity index (χ3n) is 2.84. The van der Waals surface area contributed by atoms with Crippen LogP contribution in [0.1, 0.15) is 5.56 Å². The molecular weight excluding hydrogens is 241 g/mol. The molecule has 3 aromatic rings. The van der Waals surface area contributed by atoms with Crippen LogP contribution < -0.4 is 0 Å². The summed E-state index contributed by atoms with van der Waals surface area (Å²) in [4.78, 5) is 0. The van der Waals surface area contributed by atoms with Crippen LogP contribution in [0.2, 0.25) is 10.0 Å². The van der Waals surface area contributed by atoms with Crippen LogP contribution in [0, 0.1) is 6.92 Å². The van der Waals surface area contributed by atoms with E-state index < -0.39 is 0 Å². The van der Waals surface area contributed by atoms with Crippen LogP contribution in [0.5, 0.6) is 0 Å². The summed E-state index contributed by atoms with van der Waals surface area (Å²) in [6.07, 6.45) is 2.01. The molecule has 0 saturated heterocycles. The van der Waals surface area contributed by atoms with Gasteiger partial charge in [0.1, 0.15) is 0 Å². The van der Waals surface area contributed by atoms with E-state index in [0.717, 1.165) is 16.4 Å². The van der Waals surface area contributed by atoms with E-state index in [1.807, 2.05) is 18.3 Å². The lowest BCUT2D eigenvalue weighted by Crippen LogP contribution is -1.90. The summed E-state index contributed by atoms with van der Waals surface area (Å²) in [5.74, 6) is 0. The summed E-state index contributed by atoms with van der Waals surface area (Å²) in [5, 5.41) is 2.46. The van der Waals surface area contributed by atoms with Gasteiger partial charge >= 0.3 is 0 Å². The van der Waals surface area contributed by atoms with Crippen LogP contribution >= 0.6 is 23.2 Å². The molecule has 16 heavy (non-hydrogen) atoms. The summed E-state index contributed by atoms with van der Waals surface area (Å²) >= 11 is 12.3. The second-order valence-corrected chi connectivity index (χ2v) is 4.76. The number of rotatable bonds is 0. The average molecular weight is 250 g/mol. The van der Waals surface area contributed by atoms with E-state index in [4.69, 9.17) is 23.2 Å². The standard InChI is InChI=1S/C13H9Cl2N/c1-8-5-10-3-2-4-16(10)13-11(8)6-9(14)7-12(13)15/h2-7H,1H3. The highest BCUT2D eigenvalue weighted by Gasteiger charge is 2.08. The summed E-state index contributed by atoms with van der Waals surface area (Å²) in [7, 11) is 0. The number of hydrogen-bond donors (Lipinski definition) is 0. The Balaban J connectivity index is 2.66. The fourth-order valence-electron chi connectivity index (χ4n) is 2.13. The Labute approximate surface area is 103 Å². The highest BCUT2D eigenvalue weighted by molar-refractivity contribution is 6.38. The zero-order valence-corrected chi connectivity index (χ0v) is 10.2. The van der Waals surface area contributed by atoms with E-state index in [1.54, 1.807) is 6.07 Å². The summed E-state index contributed by atoms with van der Waals surface area (Å²) in [6, 6.07) is 9.95. The maximum Gasteiger partial charge on any atom is 0.0718 e. The van der Waals surface area contributed by atoms with Crippen molar-refractivity contribution >= 4 is 39.6 Å². The fourth-order valence-corrected chi connectivity index (χ4v) is 2.71. The molecule has 0 unspecified atom stereocenters. The molecule has 0 aliphatic carbocycles. The van der Waals surface area contributed by atoms with Gasteiger partial charge in [-0.2, -0.15) is 0 Å². The number of pyridine rings is 1. The van der Waals surface area contributed by atoms with Crippen molar-refractivity contribution in [2.24, 2.45) is 0 Å². The minimum atomic E-state index is 0.673. The van der Waals surface area contributed by atoms with Gasteiger partial charge in [-0.1, -0.05) is 23.2 Å². The van der Waals surface area contributed by atoms with Gasteiger partial charge in [-0.15, -0.1) is 0 Å². The molecule has 0 fully saturated rings. The van der Waals surface area contributed by atoms with Crippen LogP contribution in [0.3, 0.4) is 0 Å². The van der Waals surface area contributed by atoms with Crippen molar-refractivity contribution in [2.45, 2.75) is 6.92 Å². The van der Waals surface area contributed by atoms with E-state index in [1.165, 1.54) is 5.56 Å². The molecular formula is C13H9Cl2N. The van der Waals surface area contributed by atoms with Gasteiger partial charge in [-0.25, -0.2) is 0 Å². The Morgan fingerprint density at radius 1 is 1.12 bits per heavy atom. The van der Waals surface area contributed by atoms with Gasteiger partial charge in [0.25, 0.3) is 0 Å². The van der Waals surface area contributed by atoms with Crippen LogP contribution in [0.15, 0.2) is 36.5 Å². The zero-order valence-electron chi connectivity index (χ0n) is 8.67. The maximum absolute atomic E-state index is 6.26. The molecule has 1 aromatic carbocycles. The van der Waals surface area contributed by atoms with Crippen molar-refractivity contribution in [2.75, 3.05) is 0 Å². The van der Waals surface area contributed by atoms with Crippen LogP contribution in [0.4, 0.5) is 0 Å². The molecule has 0 N–H and O–H groups in total. The summed E-state index contributed by atoms with van der Waals surface area (Å²) in [6.45, 7) is 2.07. The van der Waals surface area contributed by atoms with Gasteiger partial charge in [-0.05, 0) is 42.8 Å². The second-order valence-electron chi connectivity index (χ2n) is 3.91. The number of halogens is 2. The molecule has 0 aliphatic rings. The largest absolute Gasteiger partial charge is 0.315 e. The first kappa shape index (κ1) is 10.0. The van der Waals surface area contributed by atoms with Crippen molar-refractivity contribution < 1.29 is 0 Å². The molecule has 1 nitrogen and oxygen atoms in total. The van der Waals surface area contributed by atoms with Crippen molar-refractivity contribution in [3.63, 3.8) is 0 Å². The minimum Gasteiger partial charge on any atom is -0.315 e. The number of hydrogen-bond acceptors (Lipinski definition) is 0. The molecule has 0 bridgehead atoms. The maximum atomic E-state index is 6.26. The van der Waals surface area contributed by atoms with Crippen LogP contribution in [0.25, 0.3) is 16.4 Å². The first-order valence-corrected chi connectivity index (χ1v) is 5.78. The van der Waals surface area contributed by atoms with E-state index in [2.05, 4.69) is 23.5 Å². The summed E-state index contributed by atoms with van der Waals surface area (Å²) in [5.41, 5.74) is 3.35. The van der Waals surface area contributed by atoms with Gasteiger partial charge in [-0.3, -0.25) is 0 Å².